The summed E-state index contributed by atoms with van der Waals surface area (Å²) < 4.78 is 0. The van der Waals surface area contributed by atoms with E-state index in [0.717, 1.165) is 12.5 Å². The predicted molar refractivity (Wildman–Crippen MR) is 57.7 cm³/mol. The van der Waals surface area contributed by atoms with Gasteiger partial charge < -0.3 is 15.5 Å². The van der Waals surface area contributed by atoms with Gasteiger partial charge in [0.25, 0.3) is 0 Å². The molecule has 1 fully saturated rings. The number of carbonyl (C=O) groups is 1. The van der Waals surface area contributed by atoms with Gasteiger partial charge in [-0.05, 0) is 25.3 Å². The Hall–Kier alpha value is -0.610. The molecule has 0 aromatic heterocycles. The molecule has 3 N–H and O–H groups in total. The zero-order chi connectivity index (χ0) is 11.1. The minimum absolute atomic E-state index is 0.0471. The van der Waals surface area contributed by atoms with Gasteiger partial charge >= 0.3 is 5.97 Å². The molecule has 0 radical (unpaired) electrons. The van der Waals surface area contributed by atoms with Crippen molar-refractivity contribution in [3.05, 3.63) is 0 Å². The molecule has 0 saturated heterocycles. The fraction of sp³-hybridized carbons (Fsp3) is 0.909. The lowest BCUT2D eigenvalue weighted by atomic mass is 9.83. The second-order valence-corrected chi connectivity index (χ2v) is 4.38. The summed E-state index contributed by atoms with van der Waals surface area (Å²) in [7, 11) is 0. The molecule has 0 amide bonds. The molecule has 1 rings (SSSR count). The molecule has 0 heterocycles. The van der Waals surface area contributed by atoms with Gasteiger partial charge in [0, 0.05) is 13.0 Å². The van der Waals surface area contributed by atoms with Crippen LogP contribution in [0.4, 0.5) is 0 Å². The molecule has 0 bridgehead atoms. The van der Waals surface area contributed by atoms with Crippen LogP contribution < -0.4 is 5.32 Å². The van der Waals surface area contributed by atoms with Crippen LogP contribution >= 0.6 is 0 Å². The van der Waals surface area contributed by atoms with E-state index in [-0.39, 0.29) is 6.42 Å². The standard InChI is InChI=1S/C11H21NO3/c13-10(4-5-11(14)15)8-12-7-6-9-2-1-3-9/h9-10,12-13H,1-8H2,(H,14,15). The Labute approximate surface area is 90.7 Å². The van der Waals surface area contributed by atoms with Crippen LogP contribution in [0.25, 0.3) is 0 Å². The SMILES string of the molecule is O=C(O)CCC(O)CNCCC1CCC1. The van der Waals surface area contributed by atoms with E-state index in [1.54, 1.807) is 0 Å². The number of hydrogen-bond donors (Lipinski definition) is 3. The summed E-state index contributed by atoms with van der Waals surface area (Å²) in [5.74, 6) is 0.0391. The van der Waals surface area contributed by atoms with Gasteiger partial charge in [0.15, 0.2) is 0 Å². The Morgan fingerprint density at radius 3 is 2.73 bits per heavy atom. The molecule has 1 unspecified atom stereocenters. The maximum atomic E-state index is 10.2. The molecule has 0 spiro atoms. The number of nitrogens with one attached hydrogen (secondary N) is 1. The van der Waals surface area contributed by atoms with Crippen LogP contribution in [0.2, 0.25) is 0 Å². The first kappa shape index (κ1) is 12.5. The fourth-order valence-electron chi connectivity index (χ4n) is 1.75. The quantitative estimate of drug-likeness (QED) is 0.528. The minimum Gasteiger partial charge on any atom is -0.481 e. The third kappa shape index (κ3) is 5.74. The normalized spacial score (nSPS) is 18.5. The average Bonchev–Trinajstić information content (AvgIpc) is 2.11. The van der Waals surface area contributed by atoms with Crippen LogP contribution in [-0.2, 0) is 4.79 Å². The number of rotatable bonds is 8. The molecule has 88 valence electrons. The van der Waals surface area contributed by atoms with Gasteiger partial charge in [-0.15, -0.1) is 0 Å². The number of carboxylic acids is 1. The molecular formula is C11H21NO3. The Morgan fingerprint density at radius 2 is 2.20 bits per heavy atom. The highest BCUT2D eigenvalue weighted by molar-refractivity contribution is 5.66. The Balaban J connectivity index is 1.87. The molecular weight excluding hydrogens is 194 g/mol. The van der Waals surface area contributed by atoms with Gasteiger partial charge in [0.1, 0.15) is 0 Å². The Kier molecular flexibility index (Phi) is 5.65. The minimum atomic E-state index is -0.844. The zero-order valence-corrected chi connectivity index (χ0v) is 9.11. The number of hydrogen-bond acceptors (Lipinski definition) is 3. The Bertz CT molecular complexity index is 192. The summed E-state index contributed by atoms with van der Waals surface area (Å²) in [6.07, 6.45) is 5.11. The predicted octanol–water partition coefficient (Wildman–Crippen LogP) is 0.992. The molecule has 0 aromatic rings. The lowest BCUT2D eigenvalue weighted by Crippen LogP contribution is -2.29. The third-order valence-corrected chi connectivity index (χ3v) is 3.03. The van der Waals surface area contributed by atoms with Crippen LogP contribution in [0.1, 0.15) is 38.5 Å². The van der Waals surface area contributed by atoms with Gasteiger partial charge in [-0.1, -0.05) is 19.3 Å². The van der Waals surface area contributed by atoms with E-state index in [0.29, 0.717) is 13.0 Å². The third-order valence-electron chi connectivity index (χ3n) is 3.03. The molecule has 1 aliphatic rings. The molecule has 15 heavy (non-hydrogen) atoms. The Morgan fingerprint density at radius 1 is 1.47 bits per heavy atom. The summed E-state index contributed by atoms with van der Waals surface area (Å²) in [6.45, 7) is 1.45. The van der Waals surface area contributed by atoms with Gasteiger partial charge in [-0.3, -0.25) is 4.79 Å². The molecule has 1 atom stereocenters. The smallest absolute Gasteiger partial charge is 0.303 e. The highest BCUT2D eigenvalue weighted by Gasteiger charge is 2.16. The van der Waals surface area contributed by atoms with Crippen molar-refractivity contribution >= 4 is 5.97 Å². The van der Waals surface area contributed by atoms with Crippen molar-refractivity contribution in [1.82, 2.24) is 5.32 Å². The highest BCUT2D eigenvalue weighted by atomic mass is 16.4. The van der Waals surface area contributed by atoms with Crippen molar-refractivity contribution in [3.63, 3.8) is 0 Å². The highest BCUT2D eigenvalue weighted by Crippen LogP contribution is 2.28. The van der Waals surface area contributed by atoms with E-state index in [2.05, 4.69) is 5.32 Å². The maximum Gasteiger partial charge on any atom is 0.303 e. The van der Waals surface area contributed by atoms with Crippen LogP contribution in [0, 0.1) is 5.92 Å². The van der Waals surface area contributed by atoms with E-state index in [9.17, 15) is 9.90 Å². The van der Waals surface area contributed by atoms with Crippen molar-refractivity contribution in [1.29, 1.82) is 0 Å². The summed E-state index contributed by atoms with van der Waals surface area (Å²) in [4.78, 5) is 10.2. The number of aliphatic carboxylic acids is 1. The first-order valence-electron chi connectivity index (χ1n) is 5.79. The van der Waals surface area contributed by atoms with Crippen molar-refractivity contribution in [2.24, 2.45) is 5.92 Å². The lowest BCUT2D eigenvalue weighted by Gasteiger charge is -2.25. The van der Waals surface area contributed by atoms with Gasteiger partial charge in [0.2, 0.25) is 0 Å². The summed E-state index contributed by atoms with van der Waals surface area (Å²) in [6, 6.07) is 0. The summed E-state index contributed by atoms with van der Waals surface area (Å²) >= 11 is 0. The fourth-order valence-corrected chi connectivity index (χ4v) is 1.75. The van der Waals surface area contributed by atoms with Crippen LogP contribution in [0.3, 0.4) is 0 Å². The first-order chi connectivity index (χ1) is 7.18. The lowest BCUT2D eigenvalue weighted by molar-refractivity contribution is -0.137. The van der Waals surface area contributed by atoms with Gasteiger partial charge in [0.05, 0.1) is 6.10 Å². The zero-order valence-electron chi connectivity index (χ0n) is 9.11. The van der Waals surface area contributed by atoms with Crippen molar-refractivity contribution < 1.29 is 15.0 Å². The molecule has 1 aliphatic carbocycles. The average molecular weight is 215 g/mol. The number of carboxylic acid groups (broad SMARTS) is 1. The monoisotopic (exact) mass is 215 g/mol. The van der Waals surface area contributed by atoms with Crippen molar-refractivity contribution in [2.45, 2.75) is 44.6 Å². The van der Waals surface area contributed by atoms with E-state index in [4.69, 9.17) is 5.11 Å². The number of aliphatic hydroxyl groups excluding tert-OH is 1. The second-order valence-electron chi connectivity index (χ2n) is 4.38. The molecule has 0 aromatic carbocycles. The number of aliphatic hydroxyl groups is 1. The maximum absolute atomic E-state index is 10.2. The largest absolute Gasteiger partial charge is 0.481 e. The van der Waals surface area contributed by atoms with E-state index in [1.165, 1.54) is 25.7 Å². The summed E-state index contributed by atoms with van der Waals surface area (Å²) in [5, 5.41) is 21.0. The molecule has 0 aliphatic heterocycles. The molecule has 4 nitrogen and oxygen atoms in total. The molecule has 1 saturated carbocycles. The first-order valence-corrected chi connectivity index (χ1v) is 5.79. The van der Waals surface area contributed by atoms with Crippen molar-refractivity contribution in [3.8, 4) is 0 Å². The van der Waals surface area contributed by atoms with Gasteiger partial charge in [-0.2, -0.15) is 0 Å². The van der Waals surface area contributed by atoms with Crippen LogP contribution in [0.5, 0.6) is 0 Å². The van der Waals surface area contributed by atoms with E-state index in [1.807, 2.05) is 0 Å². The van der Waals surface area contributed by atoms with Gasteiger partial charge in [-0.25, -0.2) is 0 Å². The van der Waals surface area contributed by atoms with E-state index < -0.39 is 12.1 Å². The van der Waals surface area contributed by atoms with Crippen LogP contribution in [-0.4, -0.2) is 35.4 Å². The van der Waals surface area contributed by atoms with E-state index >= 15 is 0 Å². The summed E-state index contributed by atoms with van der Waals surface area (Å²) in [5.41, 5.74) is 0. The van der Waals surface area contributed by atoms with Crippen LogP contribution in [0.15, 0.2) is 0 Å². The second kappa shape index (κ2) is 6.80. The topological polar surface area (TPSA) is 69.6 Å². The van der Waals surface area contributed by atoms with Crippen molar-refractivity contribution in [2.75, 3.05) is 13.1 Å². The molecule has 4 heteroatoms.